The van der Waals surface area contributed by atoms with Gasteiger partial charge in [-0.1, -0.05) is 0 Å². The number of furan rings is 1. The van der Waals surface area contributed by atoms with Gasteiger partial charge in [0, 0.05) is 5.69 Å². The van der Waals surface area contributed by atoms with Crippen LogP contribution in [-0.2, 0) is 10.2 Å². The Kier molecular flexibility index (Phi) is 2.61. The van der Waals surface area contributed by atoms with Crippen LogP contribution in [0.15, 0.2) is 22.6 Å². The molecule has 0 N–H and O–H groups in total. The van der Waals surface area contributed by atoms with E-state index in [-0.39, 0.29) is 0 Å². The Bertz CT molecular complexity index is 666. The summed E-state index contributed by atoms with van der Waals surface area (Å²) < 4.78 is 10.7. The summed E-state index contributed by atoms with van der Waals surface area (Å²) in [4.78, 5) is 8.85. The van der Waals surface area contributed by atoms with E-state index in [0.717, 1.165) is 11.5 Å². The van der Waals surface area contributed by atoms with Gasteiger partial charge >= 0.3 is 0 Å². The molecule has 19 heavy (non-hydrogen) atoms. The van der Waals surface area contributed by atoms with Crippen molar-refractivity contribution in [3.8, 4) is 17.5 Å². The molecule has 1 saturated heterocycles. The molecule has 1 aliphatic rings. The summed E-state index contributed by atoms with van der Waals surface area (Å²) in [6, 6.07) is 7.88. The van der Waals surface area contributed by atoms with Crippen molar-refractivity contribution in [2.75, 3.05) is 13.2 Å². The highest BCUT2D eigenvalue weighted by molar-refractivity contribution is 5.53. The average Bonchev–Trinajstić information content (AvgIpc) is 2.75. The van der Waals surface area contributed by atoms with Crippen LogP contribution in [0.2, 0.25) is 0 Å². The normalized spacial score (nSPS) is 16.7. The standard InChI is InChI=1S/C14H13N3O2/c1-9-5-11(12-4-3-10(2)19-12)17-13(16-9)14(6-15)7-18-8-14/h3-5H,7-8H2,1-2H3. The summed E-state index contributed by atoms with van der Waals surface area (Å²) in [7, 11) is 0. The van der Waals surface area contributed by atoms with Gasteiger partial charge in [-0.3, -0.25) is 0 Å². The molecule has 0 spiro atoms. The van der Waals surface area contributed by atoms with Gasteiger partial charge in [0.1, 0.15) is 11.5 Å². The van der Waals surface area contributed by atoms with Crippen molar-refractivity contribution < 1.29 is 9.15 Å². The summed E-state index contributed by atoms with van der Waals surface area (Å²) in [5.41, 5.74) is 0.815. The monoisotopic (exact) mass is 255 g/mol. The second kappa shape index (κ2) is 4.18. The Morgan fingerprint density at radius 1 is 1.26 bits per heavy atom. The Morgan fingerprint density at radius 3 is 2.58 bits per heavy atom. The Labute approximate surface area is 110 Å². The van der Waals surface area contributed by atoms with Crippen LogP contribution in [0.5, 0.6) is 0 Å². The second-order valence-electron chi connectivity index (χ2n) is 4.82. The summed E-state index contributed by atoms with van der Waals surface area (Å²) in [6.07, 6.45) is 0. The number of rotatable bonds is 2. The van der Waals surface area contributed by atoms with Crippen molar-refractivity contribution in [1.29, 1.82) is 5.26 Å². The van der Waals surface area contributed by atoms with E-state index in [4.69, 9.17) is 9.15 Å². The van der Waals surface area contributed by atoms with E-state index in [1.807, 2.05) is 32.0 Å². The van der Waals surface area contributed by atoms with E-state index in [1.165, 1.54) is 0 Å². The molecule has 2 aromatic rings. The Hall–Kier alpha value is -2.19. The first kappa shape index (κ1) is 11.9. The molecule has 5 nitrogen and oxygen atoms in total. The molecule has 0 amide bonds. The summed E-state index contributed by atoms with van der Waals surface area (Å²) in [6.45, 7) is 4.47. The van der Waals surface area contributed by atoms with Crippen LogP contribution in [0, 0.1) is 25.2 Å². The molecule has 1 aliphatic heterocycles. The molecular formula is C14H13N3O2. The van der Waals surface area contributed by atoms with Crippen LogP contribution in [0.4, 0.5) is 0 Å². The maximum absolute atomic E-state index is 9.31. The fourth-order valence-corrected chi connectivity index (χ4v) is 2.03. The fourth-order valence-electron chi connectivity index (χ4n) is 2.03. The van der Waals surface area contributed by atoms with Gasteiger partial charge < -0.3 is 9.15 Å². The molecule has 0 atom stereocenters. The molecule has 3 heterocycles. The lowest BCUT2D eigenvalue weighted by Crippen LogP contribution is -2.47. The quantitative estimate of drug-likeness (QED) is 0.822. The zero-order valence-corrected chi connectivity index (χ0v) is 10.8. The zero-order chi connectivity index (χ0) is 13.5. The number of aromatic nitrogens is 2. The second-order valence-corrected chi connectivity index (χ2v) is 4.82. The van der Waals surface area contributed by atoms with E-state index >= 15 is 0 Å². The highest BCUT2D eigenvalue weighted by Gasteiger charge is 2.44. The van der Waals surface area contributed by atoms with Crippen LogP contribution in [-0.4, -0.2) is 23.2 Å². The van der Waals surface area contributed by atoms with Gasteiger partial charge in [0.2, 0.25) is 0 Å². The van der Waals surface area contributed by atoms with Crippen molar-refractivity contribution in [3.05, 3.63) is 35.5 Å². The molecule has 1 fully saturated rings. The molecule has 0 saturated carbocycles. The number of aryl methyl sites for hydroxylation is 2. The zero-order valence-electron chi connectivity index (χ0n) is 10.8. The first-order chi connectivity index (χ1) is 9.13. The van der Waals surface area contributed by atoms with E-state index in [0.29, 0.717) is 30.5 Å². The maximum Gasteiger partial charge on any atom is 0.163 e. The highest BCUT2D eigenvalue weighted by atomic mass is 16.5. The largest absolute Gasteiger partial charge is 0.460 e. The first-order valence-electron chi connectivity index (χ1n) is 6.05. The Morgan fingerprint density at radius 2 is 2.05 bits per heavy atom. The number of hydrogen-bond acceptors (Lipinski definition) is 5. The molecule has 0 aliphatic carbocycles. The minimum Gasteiger partial charge on any atom is -0.460 e. The third-order valence-electron chi connectivity index (χ3n) is 3.19. The third kappa shape index (κ3) is 1.90. The van der Waals surface area contributed by atoms with Gasteiger partial charge in [-0.15, -0.1) is 0 Å². The van der Waals surface area contributed by atoms with Gasteiger partial charge in [0.05, 0.1) is 19.3 Å². The van der Waals surface area contributed by atoms with E-state index in [1.54, 1.807) is 0 Å². The van der Waals surface area contributed by atoms with E-state index in [9.17, 15) is 5.26 Å². The predicted octanol–water partition coefficient (Wildman–Crippen LogP) is 2.15. The first-order valence-corrected chi connectivity index (χ1v) is 6.05. The highest BCUT2D eigenvalue weighted by Crippen LogP contribution is 2.31. The lowest BCUT2D eigenvalue weighted by molar-refractivity contribution is -0.0339. The SMILES string of the molecule is Cc1cc(-c2ccc(C)o2)nc(C2(C#N)COC2)n1. The molecule has 0 bridgehead atoms. The van der Waals surface area contributed by atoms with Crippen LogP contribution in [0.3, 0.4) is 0 Å². The van der Waals surface area contributed by atoms with Crippen LogP contribution < -0.4 is 0 Å². The van der Waals surface area contributed by atoms with Crippen molar-refractivity contribution in [3.63, 3.8) is 0 Å². The van der Waals surface area contributed by atoms with Crippen molar-refractivity contribution in [2.45, 2.75) is 19.3 Å². The molecular weight excluding hydrogens is 242 g/mol. The Balaban J connectivity index is 2.09. The van der Waals surface area contributed by atoms with Gasteiger partial charge in [0.15, 0.2) is 17.0 Å². The lowest BCUT2D eigenvalue weighted by Gasteiger charge is -2.33. The number of hydrogen-bond donors (Lipinski definition) is 0. The van der Waals surface area contributed by atoms with Gasteiger partial charge in [-0.2, -0.15) is 5.26 Å². The number of nitriles is 1. The molecule has 3 rings (SSSR count). The summed E-state index contributed by atoms with van der Waals surface area (Å²) >= 11 is 0. The molecule has 0 aromatic carbocycles. The minimum absolute atomic E-state index is 0.351. The average molecular weight is 255 g/mol. The molecule has 0 unspecified atom stereocenters. The molecule has 2 aromatic heterocycles. The van der Waals surface area contributed by atoms with E-state index < -0.39 is 5.41 Å². The molecule has 96 valence electrons. The van der Waals surface area contributed by atoms with Gasteiger partial charge in [-0.25, -0.2) is 9.97 Å². The number of ether oxygens (including phenoxy) is 1. The smallest absolute Gasteiger partial charge is 0.163 e. The van der Waals surface area contributed by atoms with Crippen LogP contribution in [0.1, 0.15) is 17.3 Å². The maximum atomic E-state index is 9.31. The molecule has 5 heteroatoms. The fraction of sp³-hybridized carbons (Fsp3) is 0.357. The third-order valence-corrected chi connectivity index (χ3v) is 3.19. The van der Waals surface area contributed by atoms with Gasteiger partial charge in [-0.05, 0) is 32.0 Å². The van der Waals surface area contributed by atoms with Crippen molar-refractivity contribution >= 4 is 0 Å². The van der Waals surface area contributed by atoms with Crippen LogP contribution >= 0.6 is 0 Å². The lowest BCUT2D eigenvalue weighted by atomic mass is 9.86. The summed E-state index contributed by atoms with van der Waals surface area (Å²) in [5.74, 6) is 2.04. The van der Waals surface area contributed by atoms with Gasteiger partial charge in [0.25, 0.3) is 0 Å². The topological polar surface area (TPSA) is 71.9 Å². The number of nitrogens with zero attached hydrogens (tertiary/aromatic N) is 3. The van der Waals surface area contributed by atoms with Crippen molar-refractivity contribution in [1.82, 2.24) is 9.97 Å². The molecule has 0 radical (unpaired) electrons. The van der Waals surface area contributed by atoms with Crippen LogP contribution in [0.25, 0.3) is 11.5 Å². The van der Waals surface area contributed by atoms with E-state index in [2.05, 4.69) is 16.0 Å². The predicted molar refractivity (Wildman–Crippen MR) is 67.3 cm³/mol. The van der Waals surface area contributed by atoms with Crippen molar-refractivity contribution in [2.24, 2.45) is 0 Å². The summed E-state index contributed by atoms with van der Waals surface area (Å²) in [5, 5.41) is 9.31. The minimum atomic E-state index is -0.706.